The van der Waals surface area contributed by atoms with Crippen molar-refractivity contribution in [1.29, 1.82) is 0 Å². The number of phenolic OH excluding ortho intramolecular Hbond substituents is 1. The number of phenols is 1. The van der Waals surface area contributed by atoms with Gasteiger partial charge in [-0.1, -0.05) is 114 Å². The van der Waals surface area contributed by atoms with Gasteiger partial charge in [-0.15, -0.1) is 0 Å². The van der Waals surface area contributed by atoms with E-state index in [4.69, 9.17) is 25.7 Å². The summed E-state index contributed by atoms with van der Waals surface area (Å²) in [5, 5.41) is 12.1. The molecule has 2 heterocycles. The molecule has 1 fully saturated rings. The second-order valence-corrected chi connectivity index (χ2v) is 13.4. The van der Waals surface area contributed by atoms with Crippen LogP contribution in [0.25, 0.3) is 0 Å². The van der Waals surface area contributed by atoms with Crippen LogP contribution < -0.4 is 4.90 Å². The highest BCUT2D eigenvalue weighted by atomic mass is 35.5. The van der Waals surface area contributed by atoms with E-state index in [0.29, 0.717) is 36.3 Å². The standard InChI is InChI=1S/C35H41ClN2O3/c1-34(2,3)26-21-24(22-27(31(26)39)35(4,5)6)30(25-14-10-11-15-28(25)36)32-37-29(20-23-12-8-7-9-13-23)33(41-32)38-16-18-40-19-17-38/h7-15,21-22,30,39H,16-20H2,1-6H3. The number of halogens is 1. The van der Waals surface area contributed by atoms with Gasteiger partial charge in [-0.25, -0.2) is 4.98 Å². The van der Waals surface area contributed by atoms with Crippen LogP contribution in [0.3, 0.4) is 0 Å². The zero-order valence-corrected chi connectivity index (χ0v) is 25.8. The van der Waals surface area contributed by atoms with Gasteiger partial charge in [0.1, 0.15) is 11.4 Å². The number of aromatic hydroxyl groups is 1. The van der Waals surface area contributed by atoms with Crippen molar-refractivity contribution in [1.82, 2.24) is 4.98 Å². The number of oxazole rings is 1. The highest BCUT2D eigenvalue weighted by Crippen LogP contribution is 2.45. The molecule has 1 aromatic heterocycles. The van der Waals surface area contributed by atoms with Gasteiger partial charge in [-0.2, -0.15) is 0 Å². The maximum atomic E-state index is 11.5. The maximum Gasteiger partial charge on any atom is 0.220 e. The molecule has 4 aromatic rings. The third-order valence-corrected chi connectivity index (χ3v) is 8.09. The van der Waals surface area contributed by atoms with E-state index in [0.717, 1.165) is 46.9 Å². The van der Waals surface area contributed by atoms with Gasteiger partial charge >= 0.3 is 0 Å². The molecule has 1 aliphatic rings. The summed E-state index contributed by atoms with van der Waals surface area (Å²) in [7, 11) is 0. The van der Waals surface area contributed by atoms with Crippen molar-refractivity contribution in [3.05, 3.63) is 111 Å². The minimum atomic E-state index is -0.365. The Balaban J connectivity index is 1.74. The fourth-order valence-corrected chi connectivity index (χ4v) is 5.78. The number of aromatic nitrogens is 1. The average Bonchev–Trinajstić information content (AvgIpc) is 3.33. The number of nitrogens with zero attached hydrogens (tertiary/aromatic N) is 2. The highest BCUT2D eigenvalue weighted by Gasteiger charge is 2.33. The lowest BCUT2D eigenvalue weighted by atomic mass is 9.76. The summed E-state index contributed by atoms with van der Waals surface area (Å²) in [6.45, 7) is 15.6. The van der Waals surface area contributed by atoms with Gasteiger partial charge in [0.15, 0.2) is 0 Å². The van der Waals surface area contributed by atoms with Crippen LogP contribution >= 0.6 is 11.6 Å². The quantitative estimate of drug-likeness (QED) is 0.252. The van der Waals surface area contributed by atoms with Crippen molar-refractivity contribution < 1.29 is 14.3 Å². The second kappa shape index (κ2) is 11.5. The fraction of sp³-hybridized carbons (Fsp3) is 0.400. The number of ether oxygens (including phenoxy) is 1. The Morgan fingerprint density at radius 2 is 1.46 bits per heavy atom. The Hall–Kier alpha value is -3.28. The smallest absolute Gasteiger partial charge is 0.220 e. The SMILES string of the molecule is CC(C)(C)c1cc(C(c2nc(Cc3ccccc3)c(N3CCOCC3)o2)c2ccccc2Cl)cc(C(C)(C)C)c1O. The molecule has 3 aromatic carbocycles. The van der Waals surface area contributed by atoms with Crippen LogP contribution in [0.4, 0.5) is 5.88 Å². The third kappa shape index (κ3) is 6.32. The molecule has 5 nitrogen and oxygen atoms in total. The fourth-order valence-electron chi connectivity index (χ4n) is 5.53. The van der Waals surface area contributed by atoms with Crippen LogP contribution in [0.15, 0.2) is 71.1 Å². The van der Waals surface area contributed by atoms with Crippen LogP contribution in [-0.4, -0.2) is 36.4 Å². The van der Waals surface area contributed by atoms with E-state index in [2.05, 4.69) is 82.8 Å². The minimum Gasteiger partial charge on any atom is -0.507 e. The van der Waals surface area contributed by atoms with Gasteiger partial charge in [-0.05, 0) is 44.7 Å². The van der Waals surface area contributed by atoms with Gasteiger partial charge < -0.3 is 19.2 Å². The Bertz CT molecular complexity index is 1460. The van der Waals surface area contributed by atoms with E-state index in [1.165, 1.54) is 5.56 Å². The number of rotatable bonds is 6. The minimum absolute atomic E-state index is 0.279. The van der Waals surface area contributed by atoms with Crippen molar-refractivity contribution in [3.63, 3.8) is 0 Å². The average molecular weight is 573 g/mol. The molecule has 1 N–H and O–H groups in total. The van der Waals surface area contributed by atoms with E-state index in [9.17, 15) is 5.11 Å². The first-order chi connectivity index (χ1) is 19.4. The molecule has 216 valence electrons. The summed E-state index contributed by atoms with van der Waals surface area (Å²) < 4.78 is 12.4. The van der Waals surface area contributed by atoms with Crippen molar-refractivity contribution in [3.8, 4) is 5.75 Å². The first-order valence-electron chi connectivity index (χ1n) is 14.4. The molecule has 0 radical (unpaired) electrons. The van der Waals surface area contributed by atoms with Crippen molar-refractivity contribution in [2.75, 3.05) is 31.2 Å². The molecular formula is C35H41ClN2O3. The van der Waals surface area contributed by atoms with Gasteiger partial charge in [0.25, 0.3) is 0 Å². The Morgan fingerprint density at radius 3 is 2.05 bits per heavy atom. The van der Waals surface area contributed by atoms with E-state index >= 15 is 0 Å². The summed E-state index contributed by atoms with van der Waals surface area (Å²) in [5.41, 5.74) is 5.20. The lowest BCUT2D eigenvalue weighted by molar-refractivity contribution is 0.120. The molecule has 0 saturated carbocycles. The van der Waals surface area contributed by atoms with E-state index in [-0.39, 0.29) is 16.7 Å². The van der Waals surface area contributed by atoms with Gasteiger partial charge in [0, 0.05) is 24.5 Å². The molecule has 0 bridgehead atoms. The molecule has 0 amide bonds. The Labute approximate surface area is 249 Å². The summed E-state index contributed by atoms with van der Waals surface area (Å²) in [5.74, 6) is 1.36. The number of hydrogen-bond acceptors (Lipinski definition) is 5. The first-order valence-corrected chi connectivity index (χ1v) is 14.8. The predicted molar refractivity (Wildman–Crippen MR) is 167 cm³/mol. The van der Waals surface area contributed by atoms with Crippen molar-refractivity contribution in [2.24, 2.45) is 0 Å². The topological polar surface area (TPSA) is 58.7 Å². The summed E-state index contributed by atoms with van der Waals surface area (Å²) >= 11 is 6.89. The van der Waals surface area contributed by atoms with Crippen LogP contribution in [0.2, 0.25) is 5.02 Å². The summed E-state index contributed by atoms with van der Waals surface area (Å²) in [4.78, 5) is 7.45. The second-order valence-electron chi connectivity index (χ2n) is 13.0. The van der Waals surface area contributed by atoms with Crippen LogP contribution in [-0.2, 0) is 22.0 Å². The molecule has 0 aliphatic carbocycles. The number of benzene rings is 3. The van der Waals surface area contributed by atoms with E-state index in [1.54, 1.807) is 0 Å². The lowest BCUT2D eigenvalue weighted by Gasteiger charge is -2.30. The molecule has 1 saturated heterocycles. The lowest BCUT2D eigenvalue weighted by Crippen LogP contribution is -2.36. The molecule has 1 atom stereocenters. The van der Waals surface area contributed by atoms with E-state index in [1.807, 2.05) is 30.3 Å². The Morgan fingerprint density at radius 1 is 0.878 bits per heavy atom. The zero-order chi connectivity index (χ0) is 29.4. The van der Waals surface area contributed by atoms with Crippen LogP contribution in [0.5, 0.6) is 5.75 Å². The Kier molecular flexibility index (Phi) is 8.22. The monoisotopic (exact) mass is 572 g/mol. The van der Waals surface area contributed by atoms with Crippen LogP contribution in [0, 0.1) is 0 Å². The zero-order valence-electron chi connectivity index (χ0n) is 25.0. The van der Waals surface area contributed by atoms with Crippen LogP contribution in [0.1, 0.15) is 86.9 Å². The van der Waals surface area contributed by atoms with E-state index < -0.39 is 0 Å². The molecule has 1 aliphatic heterocycles. The largest absolute Gasteiger partial charge is 0.507 e. The number of anilines is 1. The van der Waals surface area contributed by atoms with Crippen molar-refractivity contribution in [2.45, 2.75) is 64.7 Å². The van der Waals surface area contributed by atoms with Crippen molar-refractivity contribution >= 4 is 17.5 Å². The predicted octanol–water partition coefficient (Wildman–Crippen LogP) is 8.24. The van der Waals surface area contributed by atoms with Gasteiger partial charge in [0.05, 0.1) is 19.1 Å². The molecule has 41 heavy (non-hydrogen) atoms. The molecule has 1 unspecified atom stereocenters. The molecule has 5 rings (SSSR count). The molecular weight excluding hydrogens is 532 g/mol. The third-order valence-electron chi connectivity index (χ3n) is 7.75. The first kappa shape index (κ1) is 29.2. The number of hydrogen-bond donors (Lipinski definition) is 1. The van der Waals surface area contributed by atoms with Gasteiger partial charge in [-0.3, -0.25) is 0 Å². The summed E-state index contributed by atoms with van der Waals surface area (Å²) in [6.07, 6.45) is 0.655. The molecule has 0 spiro atoms. The van der Waals surface area contributed by atoms with Gasteiger partial charge in [0.2, 0.25) is 11.8 Å². The maximum absolute atomic E-state index is 11.5. The summed E-state index contributed by atoms with van der Waals surface area (Å²) in [6, 6.07) is 22.5. The number of morpholine rings is 1. The highest BCUT2D eigenvalue weighted by molar-refractivity contribution is 6.31. The normalized spacial score (nSPS) is 15.2. The molecule has 6 heteroatoms.